The van der Waals surface area contributed by atoms with Crippen LogP contribution in [0.5, 0.6) is 0 Å². The van der Waals surface area contributed by atoms with Gasteiger partial charge in [0.1, 0.15) is 6.10 Å². The Balaban J connectivity index is 2.89. The molecule has 0 heterocycles. The highest BCUT2D eigenvalue weighted by molar-refractivity contribution is 7.80. The lowest BCUT2D eigenvalue weighted by Crippen LogP contribution is -2.33. The largest absolute Gasteiger partial charge is 0.385 e. The number of rotatable bonds is 3. The van der Waals surface area contributed by atoms with Crippen molar-refractivity contribution in [2.75, 3.05) is 0 Å². The molecule has 0 saturated heterocycles. The highest BCUT2D eigenvalue weighted by Gasteiger charge is 2.23. The summed E-state index contributed by atoms with van der Waals surface area (Å²) in [6.07, 6.45) is -2.90. The number of carbonyl (C=O) groups excluding carboxylic acids is 1. The average Bonchev–Trinajstić information content (AvgIpc) is 2.15. The van der Waals surface area contributed by atoms with Crippen LogP contribution in [-0.4, -0.2) is 22.2 Å². The monoisotopic (exact) mass is 213 g/mol. The molecule has 1 amide bonds. The van der Waals surface area contributed by atoms with E-state index in [1.54, 1.807) is 24.3 Å². The van der Waals surface area contributed by atoms with E-state index in [-0.39, 0.29) is 0 Å². The van der Waals surface area contributed by atoms with Crippen molar-refractivity contribution in [2.24, 2.45) is 5.73 Å². The molecule has 4 nitrogen and oxygen atoms in total. The zero-order valence-corrected chi connectivity index (χ0v) is 8.19. The quantitative estimate of drug-likeness (QED) is 0.527. The summed E-state index contributed by atoms with van der Waals surface area (Å²) in [5, 5.41) is 18.7. The Morgan fingerprint density at radius 3 is 2.57 bits per heavy atom. The fourth-order valence-corrected chi connectivity index (χ4v) is 1.28. The Morgan fingerprint density at radius 1 is 1.43 bits per heavy atom. The van der Waals surface area contributed by atoms with E-state index in [4.69, 9.17) is 5.73 Å². The summed E-state index contributed by atoms with van der Waals surface area (Å²) in [7, 11) is 0. The third kappa shape index (κ3) is 2.47. The Labute approximate surface area is 86.8 Å². The van der Waals surface area contributed by atoms with Gasteiger partial charge in [-0.3, -0.25) is 4.79 Å². The lowest BCUT2D eigenvalue weighted by Gasteiger charge is -2.15. The average molecular weight is 213 g/mol. The summed E-state index contributed by atoms with van der Waals surface area (Å²) in [6.45, 7) is 0. The summed E-state index contributed by atoms with van der Waals surface area (Å²) < 4.78 is 0. The van der Waals surface area contributed by atoms with Crippen molar-refractivity contribution >= 4 is 18.5 Å². The summed E-state index contributed by atoms with van der Waals surface area (Å²) in [4.78, 5) is 11.2. The van der Waals surface area contributed by atoms with E-state index in [0.717, 1.165) is 0 Å². The maximum absolute atomic E-state index is 10.6. The van der Waals surface area contributed by atoms with Gasteiger partial charge in [0, 0.05) is 4.90 Å². The van der Waals surface area contributed by atoms with Crippen molar-refractivity contribution in [1.82, 2.24) is 0 Å². The smallest absolute Gasteiger partial charge is 0.249 e. The molecular weight excluding hydrogens is 202 g/mol. The number of hydrogen-bond donors (Lipinski definition) is 4. The zero-order valence-electron chi connectivity index (χ0n) is 7.29. The third-order valence-corrected chi connectivity index (χ3v) is 2.08. The molecule has 0 bridgehead atoms. The first-order valence-corrected chi connectivity index (χ1v) is 4.41. The third-order valence-electron chi connectivity index (χ3n) is 1.80. The van der Waals surface area contributed by atoms with Crippen molar-refractivity contribution in [3.63, 3.8) is 0 Å². The van der Waals surface area contributed by atoms with Crippen LogP contribution < -0.4 is 5.73 Å². The van der Waals surface area contributed by atoms with Gasteiger partial charge >= 0.3 is 0 Å². The van der Waals surface area contributed by atoms with Gasteiger partial charge in [0.15, 0.2) is 6.10 Å². The van der Waals surface area contributed by atoms with Crippen molar-refractivity contribution < 1.29 is 15.0 Å². The number of primary amides is 1. The van der Waals surface area contributed by atoms with Crippen molar-refractivity contribution in [2.45, 2.75) is 17.1 Å². The molecule has 0 radical (unpaired) electrons. The second kappa shape index (κ2) is 4.45. The van der Waals surface area contributed by atoms with Crippen LogP contribution in [0, 0.1) is 0 Å². The predicted octanol–water partition coefficient (Wildman–Crippen LogP) is -0.145. The van der Waals surface area contributed by atoms with Gasteiger partial charge in [-0.15, -0.1) is 12.6 Å². The van der Waals surface area contributed by atoms with E-state index >= 15 is 0 Å². The molecule has 14 heavy (non-hydrogen) atoms. The Kier molecular flexibility index (Phi) is 3.51. The Bertz CT molecular complexity index is 343. The first-order valence-electron chi connectivity index (χ1n) is 3.96. The van der Waals surface area contributed by atoms with Crippen LogP contribution in [-0.2, 0) is 4.79 Å². The molecule has 2 atom stereocenters. The van der Waals surface area contributed by atoms with Crippen molar-refractivity contribution in [3.05, 3.63) is 29.8 Å². The maximum Gasteiger partial charge on any atom is 0.249 e. The molecule has 0 aliphatic heterocycles. The molecule has 1 aromatic carbocycles. The molecular formula is C9H11NO3S. The SMILES string of the molecule is NC(=O)C(O)C(O)c1cccc(S)c1. The molecule has 4 N–H and O–H groups in total. The number of hydrogen-bond acceptors (Lipinski definition) is 4. The van der Waals surface area contributed by atoms with E-state index in [1.807, 2.05) is 0 Å². The lowest BCUT2D eigenvalue weighted by molar-refractivity contribution is -0.131. The number of amides is 1. The van der Waals surface area contributed by atoms with Crippen LogP contribution in [0.25, 0.3) is 0 Å². The lowest BCUT2D eigenvalue weighted by atomic mass is 10.0. The minimum absolute atomic E-state index is 0.406. The van der Waals surface area contributed by atoms with Gasteiger partial charge in [-0.05, 0) is 17.7 Å². The number of nitrogens with two attached hydrogens (primary N) is 1. The topological polar surface area (TPSA) is 83.6 Å². The molecule has 1 rings (SSSR count). The van der Waals surface area contributed by atoms with Crippen LogP contribution in [0.1, 0.15) is 11.7 Å². The zero-order chi connectivity index (χ0) is 10.7. The summed E-state index contributed by atoms with van der Waals surface area (Å²) in [6, 6.07) is 6.51. The normalized spacial score (nSPS) is 14.8. The standard InChI is InChI=1S/C9H11NO3S/c10-9(13)8(12)7(11)5-2-1-3-6(14)4-5/h1-4,7-8,11-12,14H,(H2,10,13). The number of aliphatic hydroxyl groups is 2. The predicted molar refractivity (Wildman–Crippen MR) is 53.9 cm³/mol. The van der Waals surface area contributed by atoms with Gasteiger partial charge in [0.2, 0.25) is 5.91 Å². The first kappa shape index (κ1) is 11.0. The van der Waals surface area contributed by atoms with E-state index in [2.05, 4.69) is 12.6 Å². The molecule has 1 aromatic rings. The van der Waals surface area contributed by atoms with Crippen molar-refractivity contribution in [1.29, 1.82) is 0 Å². The van der Waals surface area contributed by atoms with E-state index in [0.29, 0.717) is 10.5 Å². The summed E-state index contributed by atoms with van der Waals surface area (Å²) in [5.41, 5.74) is 5.25. The molecule has 76 valence electrons. The van der Waals surface area contributed by atoms with Gasteiger partial charge in [0.25, 0.3) is 0 Å². The van der Waals surface area contributed by atoms with Gasteiger partial charge in [0.05, 0.1) is 0 Å². The molecule has 0 saturated carbocycles. The van der Waals surface area contributed by atoms with Crippen LogP contribution >= 0.6 is 12.6 Å². The fraction of sp³-hybridized carbons (Fsp3) is 0.222. The van der Waals surface area contributed by atoms with Crippen LogP contribution in [0.4, 0.5) is 0 Å². The fourth-order valence-electron chi connectivity index (χ4n) is 1.05. The highest BCUT2D eigenvalue weighted by Crippen LogP contribution is 2.19. The van der Waals surface area contributed by atoms with Crippen LogP contribution in [0.3, 0.4) is 0 Å². The number of carbonyl (C=O) groups is 1. The van der Waals surface area contributed by atoms with Crippen molar-refractivity contribution in [3.8, 4) is 0 Å². The van der Waals surface area contributed by atoms with Gasteiger partial charge in [-0.2, -0.15) is 0 Å². The Hall–Kier alpha value is -1.04. The van der Waals surface area contributed by atoms with E-state index in [9.17, 15) is 15.0 Å². The second-order valence-electron chi connectivity index (χ2n) is 2.89. The second-order valence-corrected chi connectivity index (χ2v) is 3.40. The number of thiol groups is 1. The van der Waals surface area contributed by atoms with Gasteiger partial charge < -0.3 is 15.9 Å². The van der Waals surface area contributed by atoms with Crippen LogP contribution in [0.15, 0.2) is 29.2 Å². The van der Waals surface area contributed by atoms with Gasteiger partial charge in [-0.25, -0.2) is 0 Å². The summed E-state index contributed by atoms with van der Waals surface area (Å²) >= 11 is 4.06. The van der Waals surface area contributed by atoms with Gasteiger partial charge in [-0.1, -0.05) is 12.1 Å². The molecule has 0 aromatic heterocycles. The molecule has 2 unspecified atom stereocenters. The summed E-state index contributed by atoms with van der Waals surface area (Å²) in [5.74, 6) is -0.956. The molecule has 0 aliphatic rings. The molecule has 0 fully saturated rings. The maximum atomic E-state index is 10.6. The minimum atomic E-state index is -1.59. The van der Waals surface area contributed by atoms with E-state index < -0.39 is 18.1 Å². The first-order chi connectivity index (χ1) is 6.52. The molecule has 0 spiro atoms. The molecule has 0 aliphatic carbocycles. The van der Waals surface area contributed by atoms with E-state index in [1.165, 1.54) is 0 Å². The molecule has 5 heteroatoms. The number of aliphatic hydroxyl groups excluding tert-OH is 2. The minimum Gasteiger partial charge on any atom is -0.385 e. The highest BCUT2D eigenvalue weighted by atomic mass is 32.1. The number of benzene rings is 1. The van der Waals surface area contributed by atoms with Crippen LogP contribution in [0.2, 0.25) is 0 Å². The Morgan fingerprint density at radius 2 is 2.07 bits per heavy atom.